The molecular formula is C14H21NO3. The van der Waals surface area contributed by atoms with Crippen LogP contribution in [0.5, 0.6) is 5.75 Å². The van der Waals surface area contributed by atoms with Crippen molar-refractivity contribution < 1.29 is 14.3 Å². The minimum absolute atomic E-state index is 0.210. The minimum atomic E-state index is 0.210. The second kappa shape index (κ2) is 6.18. The summed E-state index contributed by atoms with van der Waals surface area (Å²) < 4.78 is 10.5. The Bertz CT molecular complexity index is 395. The molecule has 1 aromatic rings. The highest BCUT2D eigenvalue weighted by atomic mass is 16.6. The largest absolute Gasteiger partial charge is 0.411 e. The third-order valence-electron chi connectivity index (χ3n) is 3.30. The van der Waals surface area contributed by atoms with Crippen molar-refractivity contribution in [2.24, 2.45) is 5.90 Å². The Morgan fingerprint density at radius 1 is 1.33 bits per heavy atom. The monoisotopic (exact) mass is 251 g/mol. The Morgan fingerprint density at radius 2 is 2.11 bits per heavy atom. The zero-order chi connectivity index (χ0) is 13.0. The van der Waals surface area contributed by atoms with Crippen LogP contribution in [0.25, 0.3) is 0 Å². The zero-order valence-corrected chi connectivity index (χ0v) is 11.0. The van der Waals surface area contributed by atoms with E-state index in [-0.39, 0.29) is 6.10 Å². The van der Waals surface area contributed by atoms with Gasteiger partial charge in [0.25, 0.3) is 0 Å². The van der Waals surface area contributed by atoms with Gasteiger partial charge in [-0.1, -0.05) is 12.1 Å². The average molecular weight is 251 g/mol. The van der Waals surface area contributed by atoms with Gasteiger partial charge in [0.15, 0.2) is 0 Å². The Hall–Kier alpha value is -1.10. The molecule has 4 heteroatoms. The lowest BCUT2D eigenvalue weighted by molar-refractivity contribution is 0.193. The molecule has 4 nitrogen and oxygen atoms in total. The van der Waals surface area contributed by atoms with Crippen LogP contribution in [0.1, 0.15) is 37.0 Å². The van der Waals surface area contributed by atoms with Crippen molar-refractivity contribution in [3.05, 3.63) is 29.3 Å². The first-order chi connectivity index (χ1) is 8.76. The van der Waals surface area contributed by atoms with Crippen LogP contribution in [-0.4, -0.2) is 19.8 Å². The Balaban J connectivity index is 1.97. The molecule has 100 valence electrons. The number of methoxy groups -OCH3 is 1. The fraction of sp³-hybridized carbons (Fsp3) is 0.571. The summed E-state index contributed by atoms with van der Waals surface area (Å²) in [7, 11) is 1.72. The molecule has 0 spiro atoms. The predicted molar refractivity (Wildman–Crippen MR) is 69.4 cm³/mol. The van der Waals surface area contributed by atoms with Crippen molar-refractivity contribution in [1.82, 2.24) is 0 Å². The molecule has 1 heterocycles. The first-order valence-corrected chi connectivity index (χ1v) is 6.40. The summed E-state index contributed by atoms with van der Waals surface area (Å²) in [5.41, 5.74) is 2.29. The summed E-state index contributed by atoms with van der Waals surface area (Å²) in [5, 5.41) is 0. The van der Waals surface area contributed by atoms with Gasteiger partial charge in [-0.2, -0.15) is 5.90 Å². The SMILES string of the molecule is COCCCCc1ccc(C2OC2C)cc1ON. The third-order valence-corrected chi connectivity index (χ3v) is 3.30. The summed E-state index contributed by atoms with van der Waals surface area (Å²) in [5.74, 6) is 6.10. The van der Waals surface area contributed by atoms with E-state index >= 15 is 0 Å². The van der Waals surface area contributed by atoms with Crippen LogP contribution >= 0.6 is 0 Å². The number of aryl methyl sites for hydroxylation is 1. The Morgan fingerprint density at radius 3 is 2.72 bits per heavy atom. The van der Waals surface area contributed by atoms with E-state index in [1.165, 1.54) is 0 Å². The first kappa shape index (κ1) is 13.3. The average Bonchev–Trinajstić information content (AvgIpc) is 3.12. The van der Waals surface area contributed by atoms with E-state index in [4.69, 9.17) is 20.2 Å². The molecule has 2 N–H and O–H groups in total. The number of unbranched alkanes of at least 4 members (excludes halogenated alkanes) is 1. The summed E-state index contributed by atoms with van der Waals surface area (Å²) in [6.07, 6.45) is 3.59. The van der Waals surface area contributed by atoms with Gasteiger partial charge < -0.3 is 14.3 Å². The van der Waals surface area contributed by atoms with E-state index in [0.717, 1.165) is 42.7 Å². The lowest BCUT2D eigenvalue weighted by Crippen LogP contribution is -2.06. The number of hydrogen-bond acceptors (Lipinski definition) is 4. The first-order valence-electron chi connectivity index (χ1n) is 6.40. The van der Waals surface area contributed by atoms with E-state index in [9.17, 15) is 0 Å². The topological polar surface area (TPSA) is 57.0 Å². The van der Waals surface area contributed by atoms with Gasteiger partial charge in [-0.05, 0) is 43.4 Å². The molecule has 0 aliphatic carbocycles. The smallest absolute Gasteiger partial charge is 0.150 e. The highest BCUT2D eigenvalue weighted by molar-refractivity contribution is 5.39. The van der Waals surface area contributed by atoms with Gasteiger partial charge in [-0.15, -0.1) is 0 Å². The molecule has 18 heavy (non-hydrogen) atoms. The molecule has 2 rings (SSSR count). The van der Waals surface area contributed by atoms with Gasteiger partial charge >= 0.3 is 0 Å². The summed E-state index contributed by atoms with van der Waals surface area (Å²) in [6.45, 7) is 2.86. The maximum absolute atomic E-state index is 5.44. The number of epoxide rings is 1. The van der Waals surface area contributed by atoms with Gasteiger partial charge in [0.2, 0.25) is 0 Å². The molecule has 1 saturated heterocycles. The number of rotatable bonds is 7. The van der Waals surface area contributed by atoms with Crippen molar-refractivity contribution >= 4 is 0 Å². The Labute approximate surface area is 108 Å². The third kappa shape index (κ3) is 3.22. The molecule has 1 aliphatic rings. The number of benzene rings is 1. The zero-order valence-electron chi connectivity index (χ0n) is 11.0. The van der Waals surface area contributed by atoms with Gasteiger partial charge in [-0.3, -0.25) is 0 Å². The molecule has 0 aromatic heterocycles. The van der Waals surface area contributed by atoms with E-state index in [1.54, 1.807) is 7.11 Å². The maximum atomic E-state index is 5.44. The van der Waals surface area contributed by atoms with Crippen LogP contribution in [0.3, 0.4) is 0 Å². The molecule has 0 saturated carbocycles. The van der Waals surface area contributed by atoms with Crippen LogP contribution in [0.15, 0.2) is 18.2 Å². The molecule has 1 fully saturated rings. The minimum Gasteiger partial charge on any atom is -0.411 e. The van der Waals surface area contributed by atoms with E-state index < -0.39 is 0 Å². The second-order valence-corrected chi connectivity index (χ2v) is 4.70. The van der Waals surface area contributed by atoms with Crippen LogP contribution in [-0.2, 0) is 15.9 Å². The Kier molecular flexibility index (Phi) is 4.58. The molecule has 0 radical (unpaired) electrons. The molecular weight excluding hydrogens is 230 g/mol. The standard InChI is InChI=1S/C14H21NO3/c1-10-14(17-10)12-7-6-11(13(9-12)18-15)5-3-4-8-16-2/h6-7,9-10,14H,3-5,8,15H2,1-2H3. The number of hydrogen-bond donors (Lipinski definition) is 1. The molecule has 1 aliphatic heterocycles. The molecule has 0 amide bonds. The van der Waals surface area contributed by atoms with E-state index in [2.05, 4.69) is 19.1 Å². The summed E-state index contributed by atoms with van der Waals surface area (Å²) in [4.78, 5) is 4.97. The van der Waals surface area contributed by atoms with Gasteiger partial charge in [0.05, 0.1) is 6.10 Å². The van der Waals surface area contributed by atoms with Crippen LogP contribution in [0, 0.1) is 0 Å². The summed E-state index contributed by atoms with van der Waals surface area (Å²) in [6, 6.07) is 6.17. The van der Waals surface area contributed by atoms with Crippen molar-refractivity contribution in [3.8, 4) is 5.75 Å². The highest BCUT2D eigenvalue weighted by Gasteiger charge is 2.36. The van der Waals surface area contributed by atoms with Crippen LogP contribution in [0.4, 0.5) is 0 Å². The van der Waals surface area contributed by atoms with Crippen LogP contribution < -0.4 is 10.7 Å². The number of nitrogens with two attached hydrogens (primary N) is 1. The number of ether oxygens (including phenoxy) is 2. The lowest BCUT2D eigenvalue weighted by Gasteiger charge is -2.09. The normalized spacial score (nSPS) is 21.9. The van der Waals surface area contributed by atoms with Crippen LogP contribution in [0.2, 0.25) is 0 Å². The van der Waals surface area contributed by atoms with E-state index in [0.29, 0.717) is 6.10 Å². The molecule has 0 bridgehead atoms. The molecule has 1 aromatic carbocycles. The molecule has 2 unspecified atom stereocenters. The van der Waals surface area contributed by atoms with Crippen molar-refractivity contribution in [3.63, 3.8) is 0 Å². The van der Waals surface area contributed by atoms with Crippen molar-refractivity contribution in [2.45, 2.75) is 38.4 Å². The molecule has 2 atom stereocenters. The van der Waals surface area contributed by atoms with E-state index in [1.807, 2.05) is 6.07 Å². The highest BCUT2D eigenvalue weighted by Crippen LogP contribution is 2.39. The fourth-order valence-corrected chi connectivity index (χ4v) is 2.16. The van der Waals surface area contributed by atoms with Gasteiger partial charge in [0, 0.05) is 13.7 Å². The predicted octanol–water partition coefficient (Wildman–Crippen LogP) is 2.37. The van der Waals surface area contributed by atoms with Gasteiger partial charge in [0.1, 0.15) is 11.9 Å². The summed E-state index contributed by atoms with van der Waals surface area (Å²) >= 11 is 0. The van der Waals surface area contributed by atoms with Gasteiger partial charge in [-0.25, -0.2) is 0 Å². The maximum Gasteiger partial charge on any atom is 0.150 e. The quantitative estimate of drug-likeness (QED) is 0.459. The second-order valence-electron chi connectivity index (χ2n) is 4.70. The van der Waals surface area contributed by atoms with Crippen molar-refractivity contribution in [2.75, 3.05) is 13.7 Å². The fourth-order valence-electron chi connectivity index (χ4n) is 2.16. The lowest BCUT2D eigenvalue weighted by atomic mass is 10.0. The van der Waals surface area contributed by atoms with Crippen molar-refractivity contribution in [1.29, 1.82) is 0 Å².